The summed E-state index contributed by atoms with van der Waals surface area (Å²) >= 11 is 4.47. The standard InChI is InChI=1S/C69H70N14O20S5/c1-27(56(88)70-15-14-31-12-13-42(85)43(86)16-31)71-57(89)37-24-107-65(76-37)50-44(87)17-33-49(78-50)36-22-105-63(73-36)35-21-101-67(94)52-34-20-99-53(54(103-45-18-69(5,96)55(82(6)7)30(4)102-45)68(95)100-19-32-10-9-11-41(46(32)34)83(52)97)51(66-77-38(25-108-66)58(90)72-35)81-60(92)40-26-106-64(75-40)48(29(3)98-8)80-61(93)47(28(2)84)79-59(91)39-23-104-62(33)74-39/h9-13,16-17,22-28,30,35,45,47,51,53-55,84-87,96-97H,14-15,18-21H2,1-8H3,(H,70,88)(H,71,89)(H,72,90)(H,79,91)(H,80,93)(H,81,92)/b48-29+/t27-,28+,30-,35-,45-,47-,51-,53-,54-,55+,69-/m0/s1. The number of nitrogens with one attached hydrogen (secondary N) is 6. The van der Waals surface area contributed by atoms with Gasteiger partial charge in [0.2, 0.25) is 11.8 Å². The van der Waals surface area contributed by atoms with E-state index < -0.39 is 145 Å². The number of cyclic esters (lactones) is 2. The first-order valence-electron chi connectivity index (χ1n) is 33.3. The van der Waals surface area contributed by atoms with Crippen molar-refractivity contribution >= 4 is 121 Å². The molecule has 13 rings (SSSR count). The van der Waals surface area contributed by atoms with Crippen molar-refractivity contribution in [2.24, 2.45) is 0 Å². The molecule has 566 valence electrons. The number of rotatable bonds is 12. The number of carbonyl (C=O) groups is 8. The number of hydrogen-bond donors (Lipinski definition) is 12. The van der Waals surface area contributed by atoms with Crippen molar-refractivity contribution < 1.29 is 97.5 Å². The highest BCUT2D eigenvalue weighted by atomic mass is 32.1. The minimum absolute atomic E-state index is 0.00337. The lowest BCUT2D eigenvalue weighted by Gasteiger charge is -2.48. The zero-order chi connectivity index (χ0) is 76.9. The number of ether oxygens (including phenoxy) is 6. The van der Waals surface area contributed by atoms with Crippen LogP contribution in [0.25, 0.3) is 49.3 Å². The summed E-state index contributed by atoms with van der Waals surface area (Å²) in [7, 11) is 4.83. The predicted octanol–water partition coefficient (Wildman–Crippen LogP) is 5.05. The number of aromatic nitrogens is 7. The number of aliphatic hydroxyl groups is 2. The molecule has 1 fully saturated rings. The van der Waals surface area contributed by atoms with Gasteiger partial charge in [-0.1, -0.05) is 18.2 Å². The minimum atomic E-state index is -1.93. The van der Waals surface area contributed by atoms with Crippen LogP contribution in [-0.2, 0) is 62.4 Å². The van der Waals surface area contributed by atoms with Crippen molar-refractivity contribution in [1.29, 1.82) is 0 Å². The Bertz CT molecular complexity index is 5080. The molecule has 4 aliphatic rings. The number of amides is 6. The quantitative estimate of drug-likeness (QED) is 0.0329. The second-order valence-electron chi connectivity index (χ2n) is 26.1. The zero-order valence-electron chi connectivity index (χ0n) is 58.5. The smallest absolute Gasteiger partial charge is 0.358 e. The van der Waals surface area contributed by atoms with Crippen LogP contribution in [0.5, 0.6) is 17.2 Å². The van der Waals surface area contributed by atoms with Gasteiger partial charge in [-0.2, -0.15) is 4.73 Å². The van der Waals surface area contributed by atoms with Crippen LogP contribution in [0, 0.1) is 0 Å². The van der Waals surface area contributed by atoms with Gasteiger partial charge in [0.1, 0.15) is 126 Å². The Labute approximate surface area is 632 Å². The summed E-state index contributed by atoms with van der Waals surface area (Å²) in [6.45, 7) is 5.77. The molecule has 12 bridgehead atoms. The Hall–Kier alpha value is -10.5. The molecule has 0 aliphatic carbocycles. The Morgan fingerprint density at radius 1 is 0.787 bits per heavy atom. The second-order valence-corrected chi connectivity index (χ2v) is 30.4. The highest BCUT2D eigenvalue weighted by Crippen LogP contribution is 2.43. The van der Waals surface area contributed by atoms with Gasteiger partial charge in [-0.15, -0.1) is 56.7 Å². The second kappa shape index (κ2) is 31.0. The van der Waals surface area contributed by atoms with Gasteiger partial charge in [-0.3, -0.25) is 28.8 Å². The van der Waals surface area contributed by atoms with E-state index in [1.54, 1.807) is 51.0 Å². The third-order valence-corrected chi connectivity index (χ3v) is 22.7. The van der Waals surface area contributed by atoms with E-state index in [9.17, 15) is 49.9 Å². The van der Waals surface area contributed by atoms with Gasteiger partial charge in [0.15, 0.2) is 29.6 Å². The molecule has 12 N–H and O–H groups in total. The number of nitrogens with zero attached hydrogens (tertiary/aromatic N) is 8. The van der Waals surface area contributed by atoms with Crippen LogP contribution in [-0.4, -0.2) is 206 Å². The third kappa shape index (κ3) is 15.4. The van der Waals surface area contributed by atoms with Crippen molar-refractivity contribution in [3.63, 3.8) is 0 Å². The van der Waals surface area contributed by atoms with Gasteiger partial charge in [-0.25, -0.2) is 39.5 Å². The lowest BCUT2D eigenvalue weighted by Crippen LogP contribution is -2.62. The van der Waals surface area contributed by atoms with E-state index in [1.807, 2.05) is 0 Å². The molecule has 4 aliphatic heterocycles. The largest absolute Gasteiger partial charge is 0.506 e. The molecule has 6 amide bonds. The number of hydrogen-bond acceptors (Lipinski definition) is 32. The van der Waals surface area contributed by atoms with Gasteiger partial charge in [0, 0.05) is 56.4 Å². The number of allylic oxidation sites excluding steroid dienone is 1. The molecule has 11 atom stereocenters. The van der Waals surface area contributed by atoms with Crippen molar-refractivity contribution in [1.82, 2.24) is 71.4 Å². The number of aliphatic hydroxyl groups excluding tert-OH is 1. The van der Waals surface area contributed by atoms with Crippen LogP contribution in [0.3, 0.4) is 0 Å². The average Bonchev–Trinajstić information content (AvgIpc) is 1.58. The fraction of sp³-hybridized carbons (Fsp3) is 0.362. The summed E-state index contributed by atoms with van der Waals surface area (Å²) in [6.07, 6.45) is -7.33. The molecular weight excluding hydrogens is 1510 g/mol. The number of thiazole rings is 5. The molecule has 2 aromatic carbocycles. The van der Waals surface area contributed by atoms with Crippen molar-refractivity contribution in [2.45, 2.75) is 127 Å². The highest BCUT2D eigenvalue weighted by Gasteiger charge is 2.50. The number of likely N-dealkylation sites (N-methyl/N-ethyl adjacent to an activating group) is 1. The Morgan fingerprint density at radius 3 is 2.20 bits per heavy atom. The monoisotopic (exact) mass is 1570 g/mol. The summed E-state index contributed by atoms with van der Waals surface area (Å²) in [5, 5.41) is 90.4. The maximum absolute atomic E-state index is 15.2. The van der Waals surface area contributed by atoms with Crippen LogP contribution in [0.1, 0.15) is 137 Å². The maximum Gasteiger partial charge on any atom is 0.358 e. The first-order chi connectivity index (χ1) is 51.5. The van der Waals surface area contributed by atoms with Gasteiger partial charge >= 0.3 is 11.9 Å². The van der Waals surface area contributed by atoms with Crippen LogP contribution in [0.2, 0.25) is 0 Å². The van der Waals surface area contributed by atoms with Crippen molar-refractivity contribution in [3.05, 3.63) is 135 Å². The van der Waals surface area contributed by atoms with Crippen molar-refractivity contribution in [2.75, 3.05) is 34.4 Å². The number of carbonyl (C=O) groups excluding carboxylic acids is 8. The van der Waals surface area contributed by atoms with Crippen LogP contribution < -0.4 is 31.9 Å². The first-order valence-corrected chi connectivity index (χ1v) is 37.7. The molecule has 39 heteroatoms. The third-order valence-electron chi connectivity index (χ3n) is 18.2. The van der Waals surface area contributed by atoms with Gasteiger partial charge in [0.05, 0.1) is 43.1 Å². The van der Waals surface area contributed by atoms with E-state index in [0.29, 0.717) is 15.9 Å². The molecule has 0 spiro atoms. The van der Waals surface area contributed by atoms with Crippen LogP contribution in [0.4, 0.5) is 0 Å². The normalized spacial score (nSPS) is 23.2. The molecule has 7 aromatic heterocycles. The fourth-order valence-electron chi connectivity index (χ4n) is 13.0. The minimum Gasteiger partial charge on any atom is -0.506 e. The Morgan fingerprint density at radius 2 is 1.47 bits per heavy atom. The van der Waals surface area contributed by atoms with Crippen molar-refractivity contribution in [3.8, 4) is 49.9 Å². The Kier molecular flexibility index (Phi) is 21.8. The molecule has 0 saturated carbocycles. The summed E-state index contributed by atoms with van der Waals surface area (Å²) in [5.74, 6) is -8.40. The number of benzene rings is 2. The molecule has 0 unspecified atom stereocenters. The molecule has 9 aromatic rings. The average molecular weight is 1580 g/mol. The molecule has 34 nitrogen and oxygen atoms in total. The van der Waals surface area contributed by atoms with E-state index in [0.717, 1.165) is 56.7 Å². The van der Waals surface area contributed by atoms with Gasteiger partial charge < -0.3 is 96.0 Å². The van der Waals surface area contributed by atoms with E-state index in [-0.39, 0.29) is 129 Å². The number of esters is 2. The van der Waals surface area contributed by atoms with Gasteiger partial charge in [0.25, 0.3) is 23.6 Å². The molecule has 11 heterocycles. The lowest BCUT2D eigenvalue weighted by atomic mass is 9.85. The molecule has 0 radical (unpaired) electrons. The highest BCUT2D eigenvalue weighted by molar-refractivity contribution is 7.14. The first kappa shape index (κ1) is 75.8. The van der Waals surface area contributed by atoms with Crippen LogP contribution in [0.15, 0.2) is 75.1 Å². The number of phenolic OH excluding ortho intramolecular Hbond substituents is 2. The van der Waals surface area contributed by atoms with E-state index in [4.69, 9.17) is 43.4 Å². The lowest BCUT2D eigenvalue weighted by molar-refractivity contribution is -0.280. The number of pyridine rings is 1. The SMILES string of the molecule is CO/C(C)=C1/NC(=O)[C@H]([C@@H](C)O)NC(=O)c2csc(n2)-c2cc(O)c(-c3nc(C(=O)N[C@@H](C)C(=O)NCCc4ccc(O)c(O)c4)cs3)nc2-c2csc(n2)[C@@H]2COC(=O)c3c4c5c(cccc5n3O)COC(=O)[C@@H](O[C@H]3C[C@](C)(O)[C@H](N(C)C)[C@H](C)O3)[C@@H](OC4)[C@H](NC(=O)c3csc1n3)c1nc(cs1)C(=O)N2. The number of aromatic hydroxyl groups is 3. The molecule has 108 heavy (non-hydrogen) atoms. The summed E-state index contributed by atoms with van der Waals surface area (Å²) < 4.78 is 38.3. The maximum atomic E-state index is 15.2. The molecular formula is C69H70N14O20S5. The summed E-state index contributed by atoms with van der Waals surface area (Å²) in [4.78, 5) is 146. The molecule has 1 saturated heterocycles. The van der Waals surface area contributed by atoms with E-state index >= 15 is 19.2 Å². The predicted molar refractivity (Wildman–Crippen MR) is 388 cm³/mol. The van der Waals surface area contributed by atoms with E-state index in [2.05, 4.69) is 46.9 Å². The summed E-state index contributed by atoms with van der Waals surface area (Å²) in [5.41, 5.74) is -2.27. The van der Waals surface area contributed by atoms with E-state index in [1.165, 1.54) is 79.0 Å². The Balaban J connectivity index is 0.928. The number of phenols is 2. The summed E-state index contributed by atoms with van der Waals surface area (Å²) in [6, 6.07) is 3.77. The topological polar surface area (TPSA) is 471 Å². The number of fused-ring (bicyclic) bond motifs is 15. The number of methoxy groups -OCH3 is 1. The van der Waals surface area contributed by atoms with Crippen LogP contribution >= 0.6 is 56.7 Å². The fourth-order valence-corrected chi connectivity index (χ4v) is 17.2. The zero-order valence-corrected chi connectivity index (χ0v) is 62.5. The van der Waals surface area contributed by atoms with Gasteiger partial charge in [-0.05, 0) is 90.5 Å².